The van der Waals surface area contributed by atoms with E-state index in [1.165, 1.54) is 0 Å². The van der Waals surface area contributed by atoms with E-state index < -0.39 is 0 Å². The number of aryl methyl sites for hydroxylation is 1. The van der Waals surface area contributed by atoms with Gasteiger partial charge in [-0.3, -0.25) is 9.59 Å². The number of carbonyl (C=O) groups excluding carboxylic acids is 2. The second kappa shape index (κ2) is 12.3. The molecule has 1 aliphatic heterocycles. The van der Waals surface area contributed by atoms with Gasteiger partial charge < -0.3 is 14.5 Å². The molecular formula is C26H31ClN2O3. The highest BCUT2D eigenvalue weighted by atomic mass is 35.5. The molecule has 1 amide bonds. The summed E-state index contributed by atoms with van der Waals surface area (Å²) in [5.41, 5.74) is 3.22. The van der Waals surface area contributed by atoms with Gasteiger partial charge in [0.25, 0.3) is 0 Å². The van der Waals surface area contributed by atoms with Crippen LogP contribution in [0, 0.1) is 0 Å². The molecule has 0 unspecified atom stereocenters. The van der Waals surface area contributed by atoms with Crippen LogP contribution < -0.4 is 4.90 Å². The minimum atomic E-state index is -0.131. The standard InChI is InChI=1S/C26H31ClN2O3/c1-2-3-20-32-26(31)15-9-22-6-12-24(13-7-22)28-16-18-29(19-17-28)25(30)14-8-21-4-10-23(27)11-5-21/h4-8,10-14H,2-3,9,15-20H2,1H3. The molecule has 0 atom stereocenters. The summed E-state index contributed by atoms with van der Waals surface area (Å²) in [4.78, 5) is 28.4. The van der Waals surface area contributed by atoms with Crippen LogP contribution in [0.1, 0.15) is 37.3 Å². The van der Waals surface area contributed by atoms with E-state index in [0.717, 1.165) is 42.7 Å². The van der Waals surface area contributed by atoms with Gasteiger partial charge in [-0.2, -0.15) is 0 Å². The van der Waals surface area contributed by atoms with E-state index in [4.69, 9.17) is 16.3 Å². The smallest absolute Gasteiger partial charge is 0.306 e. The zero-order valence-electron chi connectivity index (χ0n) is 18.6. The van der Waals surface area contributed by atoms with Gasteiger partial charge in [-0.15, -0.1) is 0 Å². The van der Waals surface area contributed by atoms with Crippen molar-refractivity contribution < 1.29 is 14.3 Å². The van der Waals surface area contributed by atoms with Gasteiger partial charge in [-0.1, -0.05) is 49.2 Å². The summed E-state index contributed by atoms with van der Waals surface area (Å²) < 4.78 is 5.21. The average molecular weight is 455 g/mol. The number of esters is 1. The third kappa shape index (κ3) is 7.41. The number of unbranched alkanes of at least 4 members (excludes halogenated alkanes) is 1. The number of benzene rings is 2. The highest BCUT2D eigenvalue weighted by molar-refractivity contribution is 6.30. The summed E-state index contributed by atoms with van der Waals surface area (Å²) in [6.45, 7) is 5.56. The first-order valence-corrected chi connectivity index (χ1v) is 11.6. The normalized spacial score (nSPS) is 14.1. The van der Waals surface area contributed by atoms with Crippen molar-refractivity contribution >= 4 is 35.2 Å². The maximum Gasteiger partial charge on any atom is 0.306 e. The number of carbonyl (C=O) groups is 2. The fraction of sp³-hybridized carbons (Fsp3) is 0.385. The predicted molar refractivity (Wildman–Crippen MR) is 130 cm³/mol. The van der Waals surface area contributed by atoms with Crippen LogP contribution in [-0.2, 0) is 20.7 Å². The van der Waals surface area contributed by atoms with Crippen molar-refractivity contribution in [3.05, 3.63) is 70.8 Å². The van der Waals surface area contributed by atoms with Crippen LogP contribution in [0.15, 0.2) is 54.6 Å². The molecule has 1 heterocycles. The molecule has 0 aromatic heterocycles. The molecule has 2 aromatic carbocycles. The number of hydrogen-bond donors (Lipinski definition) is 0. The molecule has 0 saturated carbocycles. The first kappa shape index (κ1) is 23.9. The van der Waals surface area contributed by atoms with E-state index in [9.17, 15) is 9.59 Å². The van der Waals surface area contributed by atoms with Crippen LogP contribution in [0.25, 0.3) is 6.08 Å². The molecule has 1 aliphatic rings. The molecule has 3 rings (SSSR count). The fourth-order valence-corrected chi connectivity index (χ4v) is 3.68. The van der Waals surface area contributed by atoms with E-state index >= 15 is 0 Å². The van der Waals surface area contributed by atoms with Crippen LogP contribution in [0.5, 0.6) is 0 Å². The summed E-state index contributed by atoms with van der Waals surface area (Å²) in [7, 11) is 0. The van der Waals surface area contributed by atoms with Crippen LogP contribution in [-0.4, -0.2) is 49.6 Å². The fourth-order valence-electron chi connectivity index (χ4n) is 3.55. The van der Waals surface area contributed by atoms with Crippen LogP contribution in [0.2, 0.25) is 5.02 Å². The number of nitrogens with zero attached hydrogens (tertiary/aromatic N) is 2. The van der Waals surface area contributed by atoms with Crippen molar-refractivity contribution in [2.75, 3.05) is 37.7 Å². The number of piperazine rings is 1. The lowest BCUT2D eigenvalue weighted by molar-refractivity contribution is -0.143. The summed E-state index contributed by atoms with van der Waals surface area (Å²) in [5.74, 6) is -0.103. The number of amides is 1. The largest absolute Gasteiger partial charge is 0.466 e. The first-order valence-electron chi connectivity index (χ1n) is 11.3. The maximum absolute atomic E-state index is 12.5. The molecule has 0 aliphatic carbocycles. The molecule has 0 bridgehead atoms. The summed E-state index contributed by atoms with van der Waals surface area (Å²) in [6.07, 6.45) is 6.49. The van der Waals surface area contributed by atoms with Gasteiger partial charge in [0.2, 0.25) is 5.91 Å². The van der Waals surface area contributed by atoms with Gasteiger partial charge in [0.1, 0.15) is 0 Å². The Morgan fingerprint density at radius 3 is 2.34 bits per heavy atom. The molecule has 1 saturated heterocycles. The van der Waals surface area contributed by atoms with E-state index in [-0.39, 0.29) is 11.9 Å². The molecule has 0 N–H and O–H groups in total. The molecule has 0 radical (unpaired) electrons. The van der Waals surface area contributed by atoms with Crippen LogP contribution in [0.3, 0.4) is 0 Å². The quantitative estimate of drug-likeness (QED) is 0.304. The van der Waals surface area contributed by atoms with Crippen molar-refractivity contribution in [1.82, 2.24) is 4.90 Å². The number of ether oxygens (including phenoxy) is 1. The first-order chi connectivity index (χ1) is 15.5. The number of halogens is 1. The maximum atomic E-state index is 12.5. The Kier molecular flexibility index (Phi) is 9.17. The third-order valence-corrected chi connectivity index (χ3v) is 5.81. The van der Waals surface area contributed by atoms with Crippen molar-refractivity contribution in [3.63, 3.8) is 0 Å². The second-order valence-corrected chi connectivity index (χ2v) is 8.37. The molecule has 1 fully saturated rings. The van der Waals surface area contributed by atoms with Crippen molar-refractivity contribution in [3.8, 4) is 0 Å². The van der Waals surface area contributed by atoms with Gasteiger partial charge in [0.15, 0.2) is 0 Å². The highest BCUT2D eigenvalue weighted by Gasteiger charge is 2.19. The lowest BCUT2D eigenvalue weighted by atomic mass is 10.1. The molecule has 5 nitrogen and oxygen atoms in total. The third-order valence-electron chi connectivity index (χ3n) is 5.56. The monoisotopic (exact) mass is 454 g/mol. The molecule has 2 aromatic rings. The minimum absolute atomic E-state index is 0.0285. The SMILES string of the molecule is CCCCOC(=O)CCc1ccc(N2CCN(C(=O)C=Cc3ccc(Cl)cc3)CC2)cc1. The zero-order valence-corrected chi connectivity index (χ0v) is 19.4. The number of rotatable bonds is 9. The van der Waals surface area contributed by atoms with E-state index in [1.807, 2.05) is 35.2 Å². The Morgan fingerprint density at radius 1 is 1.00 bits per heavy atom. The number of hydrogen-bond acceptors (Lipinski definition) is 4. The van der Waals surface area contributed by atoms with E-state index in [0.29, 0.717) is 37.6 Å². The zero-order chi connectivity index (χ0) is 22.8. The Balaban J connectivity index is 1.43. The van der Waals surface area contributed by atoms with Crippen LogP contribution in [0.4, 0.5) is 5.69 Å². The molecule has 0 spiro atoms. The van der Waals surface area contributed by atoms with Gasteiger partial charge in [-0.25, -0.2) is 0 Å². The van der Waals surface area contributed by atoms with Crippen molar-refractivity contribution in [2.24, 2.45) is 0 Å². The van der Waals surface area contributed by atoms with Gasteiger partial charge >= 0.3 is 5.97 Å². The molecular weight excluding hydrogens is 424 g/mol. The molecule has 6 heteroatoms. The van der Waals surface area contributed by atoms with E-state index in [2.05, 4.69) is 36.1 Å². The second-order valence-electron chi connectivity index (χ2n) is 7.94. The lowest BCUT2D eigenvalue weighted by Gasteiger charge is -2.35. The highest BCUT2D eigenvalue weighted by Crippen LogP contribution is 2.19. The van der Waals surface area contributed by atoms with Crippen molar-refractivity contribution in [2.45, 2.75) is 32.6 Å². The molecule has 32 heavy (non-hydrogen) atoms. The summed E-state index contributed by atoms with van der Waals surface area (Å²) in [6, 6.07) is 15.7. The number of anilines is 1. The Labute approximate surface area is 195 Å². The summed E-state index contributed by atoms with van der Waals surface area (Å²) >= 11 is 5.90. The topological polar surface area (TPSA) is 49.9 Å². The Morgan fingerprint density at radius 2 is 1.69 bits per heavy atom. The lowest BCUT2D eigenvalue weighted by Crippen LogP contribution is -2.48. The predicted octanol–water partition coefficient (Wildman–Crippen LogP) is 4.98. The van der Waals surface area contributed by atoms with E-state index in [1.54, 1.807) is 6.08 Å². The molecule has 170 valence electrons. The van der Waals surface area contributed by atoms with Gasteiger partial charge in [0.05, 0.1) is 6.61 Å². The minimum Gasteiger partial charge on any atom is -0.466 e. The van der Waals surface area contributed by atoms with Gasteiger partial charge in [0, 0.05) is 49.4 Å². The van der Waals surface area contributed by atoms with Crippen LogP contribution >= 0.6 is 11.6 Å². The Bertz CT molecular complexity index is 902. The summed E-state index contributed by atoms with van der Waals surface area (Å²) in [5, 5.41) is 0.683. The average Bonchev–Trinajstić information content (AvgIpc) is 2.83. The van der Waals surface area contributed by atoms with Crippen molar-refractivity contribution in [1.29, 1.82) is 0 Å². The Hall–Kier alpha value is -2.79. The van der Waals surface area contributed by atoms with Gasteiger partial charge in [-0.05, 0) is 54.3 Å².